The van der Waals surface area contributed by atoms with Gasteiger partial charge in [0, 0.05) is 4.91 Å². The summed E-state index contributed by atoms with van der Waals surface area (Å²) in [5.41, 5.74) is 12.6. The van der Waals surface area contributed by atoms with E-state index in [1.165, 1.54) is 0 Å². The van der Waals surface area contributed by atoms with Crippen LogP contribution in [-0.2, 0) is 0 Å². The number of nitrogens with zero attached hydrogens (tertiary/aromatic N) is 3. The SMILES string of the molecule is [N-]=[N+]=N[C@H]1CC(c2ccccc2)=C(c2ccccc2)[C@H]1O. The highest BCUT2D eigenvalue weighted by Gasteiger charge is 2.33. The Balaban J connectivity index is 2.13. The Kier molecular flexibility index (Phi) is 3.73. The van der Waals surface area contributed by atoms with Crippen LogP contribution in [0.1, 0.15) is 17.5 Å². The molecule has 0 fully saturated rings. The third-order valence-corrected chi connectivity index (χ3v) is 3.81. The summed E-state index contributed by atoms with van der Waals surface area (Å²) in [6.45, 7) is 0. The molecule has 0 saturated carbocycles. The number of aliphatic hydroxyl groups is 1. The monoisotopic (exact) mass is 277 g/mol. The molecule has 0 heterocycles. The first-order valence-electron chi connectivity index (χ1n) is 6.87. The van der Waals surface area contributed by atoms with Crippen LogP contribution >= 0.6 is 0 Å². The van der Waals surface area contributed by atoms with Crippen LogP contribution in [0, 0.1) is 0 Å². The van der Waals surface area contributed by atoms with Crippen molar-refractivity contribution in [2.75, 3.05) is 0 Å². The summed E-state index contributed by atoms with van der Waals surface area (Å²) in [7, 11) is 0. The Morgan fingerprint density at radius 3 is 2.10 bits per heavy atom. The Hall–Kier alpha value is -2.55. The van der Waals surface area contributed by atoms with Crippen molar-refractivity contribution in [2.45, 2.75) is 18.6 Å². The van der Waals surface area contributed by atoms with E-state index in [-0.39, 0.29) is 0 Å². The molecule has 0 unspecified atom stereocenters. The maximum atomic E-state index is 10.5. The van der Waals surface area contributed by atoms with E-state index in [2.05, 4.69) is 10.0 Å². The zero-order chi connectivity index (χ0) is 14.7. The van der Waals surface area contributed by atoms with Crippen LogP contribution in [0.2, 0.25) is 0 Å². The summed E-state index contributed by atoms with van der Waals surface area (Å²) in [5.74, 6) is 0. The average Bonchev–Trinajstić information content (AvgIpc) is 2.86. The summed E-state index contributed by atoms with van der Waals surface area (Å²) in [5, 5.41) is 14.3. The van der Waals surface area contributed by atoms with Gasteiger partial charge in [0.1, 0.15) is 0 Å². The number of azide groups is 1. The maximum Gasteiger partial charge on any atom is 0.0886 e. The zero-order valence-corrected chi connectivity index (χ0v) is 11.4. The highest BCUT2D eigenvalue weighted by Crippen LogP contribution is 2.41. The number of rotatable bonds is 3. The van der Waals surface area contributed by atoms with Crippen LogP contribution in [0.4, 0.5) is 0 Å². The quantitative estimate of drug-likeness (QED) is 0.513. The summed E-state index contributed by atoms with van der Waals surface area (Å²) in [6.07, 6.45) is -0.210. The molecule has 3 rings (SSSR count). The molecule has 0 saturated heterocycles. The van der Waals surface area contributed by atoms with Crippen LogP contribution in [0.25, 0.3) is 21.6 Å². The van der Waals surface area contributed by atoms with E-state index in [4.69, 9.17) is 5.53 Å². The Morgan fingerprint density at radius 1 is 0.952 bits per heavy atom. The van der Waals surface area contributed by atoms with Gasteiger partial charge in [0.05, 0.1) is 12.1 Å². The molecule has 21 heavy (non-hydrogen) atoms. The predicted octanol–water partition coefficient (Wildman–Crippen LogP) is 4.04. The van der Waals surface area contributed by atoms with Gasteiger partial charge in [-0.3, -0.25) is 0 Å². The Labute approximate surface area is 123 Å². The molecular formula is C17H15N3O. The van der Waals surface area contributed by atoms with Crippen molar-refractivity contribution in [2.24, 2.45) is 5.11 Å². The van der Waals surface area contributed by atoms with Crippen LogP contribution in [0.3, 0.4) is 0 Å². The molecule has 0 amide bonds. The molecule has 0 radical (unpaired) electrons. The normalized spacial score (nSPS) is 21.2. The smallest absolute Gasteiger partial charge is 0.0886 e. The van der Waals surface area contributed by atoms with E-state index < -0.39 is 12.1 Å². The average molecular weight is 277 g/mol. The topological polar surface area (TPSA) is 69.0 Å². The third kappa shape index (κ3) is 2.55. The lowest BCUT2D eigenvalue weighted by Crippen LogP contribution is -2.19. The number of hydrogen-bond donors (Lipinski definition) is 1. The van der Waals surface area contributed by atoms with Crippen LogP contribution in [0.5, 0.6) is 0 Å². The second-order valence-corrected chi connectivity index (χ2v) is 5.05. The summed E-state index contributed by atoms with van der Waals surface area (Å²) in [4.78, 5) is 2.86. The molecule has 1 aliphatic carbocycles. The second-order valence-electron chi connectivity index (χ2n) is 5.05. The molecule has 2 aromatic carbocycles. The largest absolute Gasteiger partial charge is 0.388 e. The molecule has 104 valence electrons. The highest BCUT2D eigenvalue weighted by molar-refractivity contribution is 5.95. The van der Waals surface area contributed by atoms with Crippen molar-refractivity contribution in [3.63, 3.8) is 0 Å². The fraction of sp³-hybridized carbons (Fsp3) is 0.176. The van der Waals surface area contributed by atoms with Gasteiger partial charge in [-0.05, 0) is 34.2 Å². The minimum Gasteiger partial charge on any atom is -0.388 e. The van der Waals surface area contributed by atoms with Gasteiger partial charge in [0.2, 0.25) is 0 Å². The summed E-state index contributed by atoms with van der Waals surface area (Å²) < 4.78 is 0. The molecular weight excluding hydrogens is 262 g/mol. The molecule has 1 aliphatic rings. The first-order chi connectivity index (χ1) is 10.3. The van der Waals surface area contributed by atoms with Crippen LogP contribution in [-0.4, -0.2) is 17.3 Å². The van der Waals surface area contributed by atoms with Gasteiger partial charge in [0.15, 0.2) is 0 Å². The maximum absolute atomic E-state index is 10.5. The van der Waals surface area contributed by atoms with Crippen LogP contribution in [0.15, 0.2) is 65.8 Å². The predicted molar refractivity (Wildman–Crippen MR) is 83.3 cm³/mol. The molecule has 4 nitrogen and oxygen atoms in total. The minimum absolute atomic E-state index is 0.444. The Morgan fingerprint density at radius 2 is 1.52 bits per heavy atom. The second kappa shape index (κ2) is 5.83. The first-order valence-corrected chi connectivity index (χ1v) is 6.87. The van der Waals surface area contributed by atoms with Crippen molar-refractivity contribution in [1.29, 1.82) is 0 Å². The summed E-state index contributed by atoms with van der Waals surface area (Å²) >= 11 is 0. The lowest BCUT2D eigenvalue weighted by molar-refractivity contribution is 0.210. The van der Waals surface area contributed by atoms with E-state index >= 15 is 0 Å². The van der Waals surface area contributed by atoms with Gasteiger partial charge >= 0.3 is 0 Å². The number of benzene rings is 2. The minimum atomic E-state index is -0.765. The fourth-order valence-electron chi connectivity index (χ4n) is 2.85. The van der Waals surface area contributed by atoms with Crippen molar-refractivity contribution in [3.8, 4) is 0 Å². The van der Waals surface area contributed by atoms with Crippen molar-refractivity contribution >= 4 is 11.1 Å². The molecule has 0 bridgehead atoms. The summed E-state index contributed by atoms with van der Waals surface area (Å²) in [6, 6.07) is 19.3. The molecule has 4 heteroatoms. The molecule has 0 spiro atoms. The molecule has 0 aliphatic heterocycles. The fourth-order valence-corrected chi connectivity index (χ4v) is 2.85. The molecule has 1 N–H and O–H groups in total. The van der Waals surface area contributed by atoms with Gasteiger partial charge in [-0.25, -0.2) is 0 Å². The van der Waals surface area contributed by atoms with E-state index in [9.17, 15) is 5.11 Å². The van der Waals surface area contributed by atoms with Gasteiger partial charge in [-0.1, -0.05) is 65.8 Å². The van der Waals surface area contributed by atoms with Crippen LogP contribution < -0.4 is 0 Å². The van der Waals surface area contributed by atoms with Gasteiger partial charge in [0.25, 0.3) is 0 Å². The molecule has 2 aromatic rings. The number of aliphatic hydroxyl groups excluding tert-OH is 1. The highest BCUT2D eigenvalue weighted by atomic mass is 16.3. The third-order valence-electron chi connectivity index (χ3n) is 3.81. The van der Waals surface area contributed by atoms with Gasteiger partial charge in [-0.2, -0.15) is 0 Å². The van der Waals surface area contributed by atoms with Crippen molar-refractivity contribution < 1.29 is 5.11 Å². The van der Waals surface area contributed by atoms with E-state index in [0.29, 0.717) is 6.42 Å². The number of hydrogen-bond acceptors (Lipinski definition) is 2. The van der Waals surface area contributed by atoms with E-state index in [1.54, 1.807) is 0 Å². The first kappa shape index (κ1) is 13.4. The Bertz CT molecular complexity index is 703. The van der Waals surface area contributed by atoms with E-state index in [1.807, 2.05) is 60.7 Å². The molecule has 0 aromatic heterocycles. The van der Waals surface area contributed by atoms with Crippen molar-refractivity contribution in [1.82, 2.24) is 0 Å². The van der Waals surface area contributed by atoms with E-state index in [0.717, 1.165) is 22.3 Å². The molecule has 2 atom stereocenters. The van der Waals surface area contributed by atoms with Gasteiger partial charge in [-0.15, -0.1) is 0 Å². The lowest BCUT2D eigenvalue weighted by atomic mass is 9.96. The lowest BCUT2D eigenvalue weighted by Gasteiger charge is -2.13. The standard InChI is InChI=1S/C17H15N3O/c18-20-19-15-11-14(12-7-3-1-4-8-12)16(17(15)21)13-9-5-2-6-10-13/h1-10,15,17,21H,11H2/t15-,17-/m0/s1. The van der Waals surface area contributed by atoms with Crippen molar-refractivity contribution in [3.05, 3.63) is 82.2 Å². The van der Waals surface area contributed by atoms with Gasteiger partial charge < -0.3 is 5.11 Å². The zero-order valence-electron chi connectivity index (χ0n) is 11.4.